The maximum Gasteiger partial charge on any atom is 0.309 e. The molecule has 5 atom stereocenters. The summed E-state index contributed by atoms with van der Waals surface area (Å²) in [6.07, 6.45) is 5.47. The van der Waals surface area contributed by atoms with Crippen LogP contribution in [0.15, 0.2) is 24.3 Å². The number of piperidine rings is 1. The first-order valence-corrected chi connectivity index (χ1v) is 9.54. The van der Waals surface area contributed by atoms with Gasteiger partial charge in [-0.15, -0.1) is 0 Å². The van der Waals surface area contributed by atoms with Gasteiger partial charge in [0.05, 0.1) is 5.92 Å². The molecule has 2 aliphatic carbocycles. The molecule has 138 valence electrons. The Morgan fingerprint density at radius 1 is 1.38 bits per heavy atom. The third-order valence-electron chi connectivity index (χ3n) is 6.85. The Kier molecular flexibility index (Phi) is 3.27. The minimum atomic E-state index is -0.414. The summed E-state index contributed by atoms with van der Waals surface area (Å²) < 4.78 is 12.2. The average Bonchev–Trinajstić information content (AvgIpc) is 2.96. The van der Waals surface area contributed by atoms with Gasteiger partial charge in [-0.3, -0.25) is 4.79 Å². The van der Waals surface area contributed by atoms with Crippen LogP contribution in [0.4, 0.5) is 0 Å². The van der Waals surface area contributed by atoms with Crippen LogP contribution in [-0.4, -0.2) is 47.8 Å². The summed E-state index contributed by atoms with van der Waals surface area (Å²) in [5.74, 6) is 0.727. The van der Waals surface area contributed by atoms with E-state index in [0.717, 1.165) is 24.9 Å². The molecule has 1 saturated heterocycles. The molecule has 0 saturated carbocycles. The number of carbonyl (C=O) groups is 1. The maximum absolute atomic E-state index is 12.3. The summed E-state index contributed by atoms with van der Waals surface area (Å²) in [5.41, 5.74) is 2.21. The van der Waals surface area contributed by atoms with E-state index in [1.807, 2.05) is 26.0 Å². The zero-order valence-corrected chi connectivity index (χ0v) is 15.4. The van der Waals surface area contributed by atoms with E-state index in [4.69, 9.17) is 9.47 Å². The molecule has 0 unspecified atom stereocenters. The monoisotopic (exact) mass is 355 g/mol. The lowest BCUT2D eigenvalue weighted by atomic mass is 9.53. The first kappa shape index (κ1) is 16.2. The molecule has 5 heteroatoms. The van der Waals surface area contributed by atoms with Gasteiger partial charge >= 0.3 is 5.97 Å². The molecule has 26 heavy (non-hydrogen) atoms. The molecule has 1 fully saturated rings. The fraction of sp³-hybridized carbons (Fsp3) is 0.571. The van der Waals surface area contributed by atoms with Crippen molar-refractivity contribution in [2.24, 2.45) is 11.8 Å². The van der Waals surface area contributed by atoms with Crippen LogP contribution in [-0.2, 0) is 21.4 Å². The number of hydrogen-bond donors (Lipinski definition) is 1. The zero-order chi connectivity index (χ0) is 18.2. The highest BCUT2D eigenvalue weighted by Crippen LogP contribution is 2.62. The lowest BCUT2D eigenvalue weighted by molar-refractivity contribution is -0.158. The molecule has 2 bridgehead atoms. The van der Waals surface area contributed by atoms with Gasteiger partial charge in [0.15, 0.2) is 17.6 Å². The molecule has 5 nitrogen and oxygen atoms in total. The van der Waals surface area contributed by atoms with Crippen LogP contribution in [0.5, 0.6) is 11.5 Å². The van der Waals surface area contributed by atoms with Crippen LogP contribution < -0.4 is 4.74 Å². The molecular weight excluding hydrogens is 330 g/mol. The predicted molar refractivity (Wildman–Crippen MR) is 96.3 cm³/mol. The van der Waals surface area contributed by atoms with Crippen LogP contribution in [0, 0.1) is 11.8 Å². The normalized spacial score (nSPS) is 36.6. The van der Waals surface area contributed by atoms with Crippen molar-refractivity contribution in [1.82, 2.24) is 4.90 Å². The van der Waals surface area contributed by atoms with Gasteiger partial charge in [-0.05, 0) is 44.1 Å². The minimum Gasteiger partial charge on any atom is -0.504 e. The standard InChI is InChI=1S/C21H25NO4/c1-11(2)20(24)25-16-7-5-13-14-10-12-4-6-15(23)18-17(12)21(13,19(16)26-18)8-9-22(14)3/h4-7,11,13-14,16,19,23H,8-10H2,1-3H3/t13-,14+,16-,19-,21-/m0/s1. The van der Waals surface area contributed by atoms with Crippen molar-refractivity contribution in [3.63, 3.8) is 0 Å². The van der Waals surface area contributed by atoms with E-state index in [0.29, 0.717) is 17.7 Å². The van der Waals surface area contributed by atoms with Crippen LogP contribution in [0.3, 0.4) is 0 Å². The Hall–Kier alpha value is -2.01. The number of likely N-dealkylation sites (N-methyl/N-ethyl adjacent to an activating group) is 1. The summed E-state index contributed by atoms with van der Waals surface area (Å²) in [5, 5.41) is 10.5. The van der Waals surface area contributed by atoms with Crippen molar-refractivity contribution in [3.05, 3.63) is 35.4 Å². The lowest BCUT2D eigenvalue weighted by Crippen LogP contribution is -2.65. The molecule has 1 aromatic carbocycles. The number of esters is 1. The van der Waals surface area contributed by atoms with Crippen molar-refractivity contribution in [3.8, 4) is 11.5 Å². The van der Waals surface area contributed by atoms with E-state index in [1.165, 1.54) is 5.56 Å². The van der Waals surface area contributed by atoms with Gasteiger partial charge < -0.3 is 19.5 Å². The van der Waals surface area contributed by atoms with Gasteiger partial charge in [-0.25, -0.2) is 0 Å². The smallest absolute Gasteiger partial charge is 0.309 e. The number of phenols is 1. The molecule has 0 amide bonds. The molecule has 0 aromatic heterocycles. The van der Waals surface area contributed by atoms with E-state index in [2.05, 4.69) is 18.0 Å². The van der Waals surface area contributed by atoms with Crippen LogP contribution in [0.2, 0.25) is 0 Å². The van der Waals surface area contributed by atoms with Crippen molar-refractivity contribution in [1.29, 1.82) is 0 Å². The Morgan fingerprint density at radius 2 is 2.19 bits per heavy atom. The van der Waals surface area contributed by atoms with Gasteiger partial charge in [0.25, 0.3) is 0 Å². The molecule has 2 aliphatic heterocycles. The van der Waals surface area contributed by atoms with E-state index in [1.54, 1.807) is 6.07 Å². The Morgan fingerprint density at radius 3 is 2.96 bits per heavy atom. The first-order chi connectivity index (χ1) is 12.4. The predicted octanol–water partition coefficient (Wildman–Crippen LogP) is 2.41. The van der Waals surface area contributed by atoms with Gasteiger partial charge in [0.1, 0.15) is 6.10 Å². The molecule has 4 aliphatic rings. The Balaban J connectivity index is 1.66. The molecular formula is C21H25NO4. The average molecular weight is 355 g/mol. The van der Waals surface area contributed by atoms with Crippen LogP contribution in [0.25, 0.3) is 0 Å². The summed E-state index contributed by atoms with van der Waals surface area (Å²) in [6.45, 7) is 4.67. The highest BCUT2D eigenvalue weighted by Gasteiger charge is 2.65. The summed E-state index contributed by atoms with van der Waals surface area (Å²) in [7, 11) is 2.19. The third kappa shape index (κ3) is 1.87. The number of phenolic OH excluding ortho intramolecular Hbond substituents is 1. The topological polar surface area (TPSA) is 59.0 Å². The Labute approximate surface area is 153 Å². The van der Waals surface area contributed by atoms with Crippen LogP contribution in [0.1, 0.15) is 31.4 Å². The number of carbonyl (C=O) groups excluding carboxylic acids is 1. The quantitative estimate of drug-likeness (QED) is 0.652. The number of benzene rings is 1. The van der Waals surface area contributed by atoms with Crippen molar-refractivity contribution < 1.29 is 19.4 Å². The van der Waals surface area contributed by atoms with E-state index < -0.39 is 6.10 Å². The lowest BCUT2D eigenvalue weighted by Gasteiger charge is -2.56. The van der Waals surface area contributed by atoms with Gasteiger partial charge in [0.2, 0.25) is 0 Å². The number of ether oxygens (including phenoxy) is 2. The number of rotatable bonds is 2. The number of hydrogen-bond acceptors (Lipinski definition) is 5. The molecule has 5 rings (SSSR count). The molecule has 2 heterocycles. The van der Waals surface area contributed by atoms with Gasteiger partial charge in [0, 0.05) is 22.9 Å². The second kappa shape index (κ2) is 5.26. The second-order valence-corrected chi connectivity index (χ2v) is 8.50. The SMILES string of the molecule is CC(C)C(=O)O[C@H]1C=C[C@H]2[C@H]3Cc4ccc(O)c5c4[C@@]2(CCN3C)[C@H]1O5. The largest absolute Gasteiger partial charge is 0.504 e. The summed E-state index contributed by atoms with van der Waals surface area (Å²) in [6, 6.07) is 4.19. The zero-order valence-electron chi connectivity index (χ0n) is 15.4. The highest BCUT2D eigenvalue weighted by molar-refractivity contribution is 5.72. The summed E-state index contributed by atoms with van der Waals surface area (Å²) >= 11 is 0. The number of nitrogens with zero attached hydrogens (tertiary/aromatic N) is 1. The van der Waals surface area contributed by atoms with E-state index in [-0.39, 0.29) is 29.2 Å². The first-order valence-electron chi connectivity index (χ1n) is 9.54. The van der Waals surface area contributed by atoms with E-state index in [9.17, 15) is 9.90 Å². The fourth-order valence-corrected chi connectivity index (χ4v) is 5.59. The minimum absolute atomic E-state index is 0.178. The number of likely N-dealkylation sites (tertiary alicyclic amines) is 1. The molecule has 1 aromatic rings. The van der Waals surface area contributed by atoms with E-state index >= 15 is 0 Å². The Bertz CT molecular complexity index is 816. The van der Waals surface area contributed by atoms with Crippen molar-refractivity contribution in [2.45, 2.75) is 50.4 Å². The molecule has 1 spiro atoms. The highest BCUT2D eigenvalue weighted by atomic mass is 16.6. The summed E-state index contributed by atoms with van der Waals surface area (Å²) in [4.78, 5) is 14.7. The van der Waals surface area contributed by atoms with Gasteiger partial charge in [-0.1, -0.05) is 26.0 Å². The van der Waals surface area contributed by atoms with Crippen LogP contribution >= 0.6 is 0 Å². The fourth-order valence-electron chi connectivity index (χ4n) is 5.59. The second-order valence-electron chi connectivity index (χ2n) is 8.50. The molecule has 1 N–H and O–H groups in total. The van der Waals surface area contributed by atoms with Crippen molar-refractivity contribution in [2.75, 3.05) is 13.6 Å². The van der Waals surface area contributed by atoms with Gasteiger partial charge in [-0.2, -0.15) is 0 Å². The molecule has 0 radical (unpaired) electrons. The number of aromatic hydroxyl groups is 1. The maximum atomic E-state index is 12.3. The third-order valence-corrected chi connectivity index (χ3v) is 6.85. The van der Waals surface area contributed by atoms with Crippen molar-refractivity contribution >= 4 is 5.97 Å².